The number of hydrogen-bond acceptors (Lipinski definition) is 8. The van der Waals surface area contributed by atoms with Crippen LogP contribution < -0.4 is 14.9 Å². The Morgan fingerprint density at radius 1 is 0.882 bits per heavy atom. The lowest BCUT2D eigenvalue weighted by atomic mass is 9.72. The fraction of sp³-hybridized carbons (Fsp3) is 0.600. The molecule has 1 atom stereocenters. The number of amides is 2. The molecule has 3 aromatic rings. The van der Waals surface area contributed by atoms with Crippen molar-refractivity contribution < 1.29 is 18.0 Å². The molecule has 1 saturated carbocycles. The van der Waals surface area contributed by atoms with Gasteiger partial charge in [-0.25, -0.2) is 18.4 Å². The van der Waals surface area contributed by atoms with Gasteiger partial charge in [0.15, 0.2) is 5.82 Å². The molecule has 2 fully saturated rings. The van der Waals surface area contributed by atoms with Crippen molar-refractivity contribution in [2.75, 3.05) is 18.0 Å². The summed E-state index contributed by atoms with van der Waals surface area (Å²) in [6.07, 6.45) is 14.7. The van der Waals surface area contributed by atoms with Crippen molar-refractivity contribution in [2.45, 2.75) is 122 Å². The van der Waals surface area contributed by atoms with Gasteiger partial charge in [0, 0.05) is 30.0 Å². The number of aromatic nitrogens is 2. The summed E-state index contributed by atoms with van der Waals surface area (Å²) in [6.45, 7) is 15.2. The van der Waals surface area contributed by atoms with Crippen LogP contribution in [0.25, 0.3) is 11.4 Å². The average molecular weight is 736 g/mol. The van der Waals surface area contributed by atoms with Crippen LogP contribution in [-0.4, -0.2) is 54.1 Å². The third-order valence-corrected chi connectivity index (χ3v) is 14.3. The summed E-state index contributed by atoms with van der Waals surface area (Å²) in [6, 6.07) is 10.0. The number of thiophene rings is 1. The van der Waals surface area contributed by atoms with Crippen LogP contribution in [0.3, 0.4) is 0 Å². The smallest absolute Gasteiger partial charge is 0.262 e. The maximum atomic E-state index is 13.4. The van der Waals surface area contributed by atoms with Crippen molar-refractivity contribution >= 4 is 38.9 Å². The van der Waals surface area contributed by atoms with Gasteiger partial charge in [-0.1, -0.05) is 77.6 Å². The molecule has 2 aromatic heterocycles. The van der Waals surface area contributed by atoms with Gasteiger partial charge in [-0.3, -0.25) is 14.3 Å². The minimum atomic E-state index is -3.98. The lowest BCUT2D eigenvalue weighted by Crippen LogP contribution is -2.52. The van der Waals surface area contributed by atoms with Gasteiger partial charge in [0.25, 0.3) is 11.8 Å². The first-order chi connectivity index (χ1) is 24.0. The minimum absolute atomic E-state index is 0.102. The molecule has 3 heterocycles. The molecule has 11 heteroatoms. The Morgan fingerprint density at radius 2 is 1.49 bits per heavy atom. The van der Waals surface area contributed by atoms with Crippen molar-refractivity contribution in [3.63, 3.8) is 0 Å². The lowest BCUT2D eigenvalue weighted by Gasteiger charge is -2.39. The van der Waals surface area contributed by atoms with Crippen LogP contribution in [0, 0.1) is 17.8 Å². The first-order valence-corrected chi connectivity index (χ1v) is 21.0. The van der Waals surface area contributed by atoms with Crippen molar-refractivity contribution in [3.05, 3.63) is 64.1 Å². The van der Waals surface area contributed by atoms with Crippen LogP contribution in [0.2, 0.25) is 0 Å². The Labute approximate surface area is 309 Å². The zero-order valence-electron chi connectivity index (χ0n) is 31.5. The second-order valence-electron chi connectivity index (χ2n) is 16.6. The highest BCUT2D eigenvalue weighted by molar-refractivity contribution is 7.91. The van der Waals surface area contributed by atoms with E-state index >= 15 is 0 Å². The molecular formula is C40H57N5O4S2. The Balaban J connectivity index is 1.21. The zero-order chi connectivity index (χ0) is 37.0. The number of hydrogen-bond donors (Lipinski definition) is 2. The molecule has 0 bridgehead atoms. The van der Waals surface area contributed by atoms with Crippen LogP contribution in [0.4, 0.5) is 5.69 Å². The average Bonchev–Trinajstić information content (AvgIpc) is 3.60. The molecule has 9 nitrogen and oxygen atoms in total. The van der Waals surface area contributed by atoms with Gasteiger partial charge in [-0.2, -0.15) is 0 Å². The monoisotopic (exact) mass is 735 g/mol. The number of nitrogens with zero attached hydrogens (tertiary/aromatic N) is 3. The van der Waals surface area contributed by atoms with Gasteiger partial charge >= 0.3 is 0 Å². The van der Waals surface area contributed by atoms with Gasteiger partial charge in [0.05, 0.1) is 27.7 Å². The van der Waals surface area contributed by atoms with Crippen molar-refractivity contribution in [1.29, 1.82) is 0 Å². The van der Waals surface area contributed by atoms with E-state index in [0.717, 1.165) is 52.5 Å². The van der Waals surface area contributed by atoms with E-state index in [-0.39, 0.29) is 11.8 Å². The zero-order valence-corrected chi connectivity index (χ0v) is 33.1. The molecule has 51 heavy (non-hydrogen) atoms. The molecule has 1 aliphatic carbocycles. The number of carbonyl (C=O) groups is 2. The van der Waals surface area contributed by atoms with Crippen molar-refractivity contribution in [2.24, 2.45) is 17.8 Å². The van der Waals surface area contributed by atoms with Gasteiger partial charge in [0.2, 0.25) is 10.0 Å². The van der Waals surface area contributed by atoms with Crippen LogP contribution in [-0.2, 0) is 26.7 Å². The molecule has 0 spiro atoms. The molecule has 278 valence electrons. The third kappa shape index (κ3) is 9.97. The highest BCUT2D eigenvalue weighted by Crippen LogP contribution is 2.39. The number of carbonyl (C=O) groups excluding carboxylic acids is 2. The van der Waals surface area contributed by atoms with Crippen LogP contribution >= 0.6 is 11.3 Å². The van der Waals surface area contributed by atoms with E-state index in [2.05, 4.69) is 42.6 Å². The van der Waals surface area contributed by atoms with E-state index < -0.39 is 32.6 Å². The summed E-state index contributed by atoms with van der Waals surface area (Å²) in [5.41, 5.74) is 2.51. The third-order valence-electron chi connectivity index (χ3n) is 10.7. The van der Waals surface area contributed by atoms with E-state index in [9.17, 15) is 18.0 Å². The number of sulfonamides is 1. The topological polar surface area (TPSA) is 121 Å². The molecule has 1 saturated heterocycles. The molecule has 1 aromatic carbocycles. The van der Waals surface area contributed by atoms with Crippen molar-refractivity contribution in [3.8, 4) is 11.4 Å². The van der Waals surface area contributed by atoms with Gasteiger partial charge < -0.3 is 10.2 Å². The maximum Gasteiger partial charge on any atom is 0.262 e. The number of nitrogens with one attached hydrogen (secondary N) is 2. The fourth-order valence-electron chi connectivity index (χ4n) is 7.30. The Bertz CT molecular complexity index is 1720. The highest BCUT2D eigenvalue weighted by Gasteiger charge is 2.34. The first-order valence-electron chi connectivity index (χ1n) is 18.7. The normalized spacial score (nSPS) is 19.8. The van der Waals surface area contributed by atoms with E-state index in [0.29, 0.717) is 10.7 Å². The Morgan fingerprint density at radius 3 is 2.04 bits per heavy atom. The summed E-state index contributed by atoms with van der Waals surface area (Å²) in [5.74, 6) is 2.08. The first kappa shape index (κ1) is 38.9. The summed E-state index contributed by atoms with van der Waals surface area (Å²) in [5, 5.41) is 2.80. The predicted octanol–water partition coefficient (Wildman–Crippen LogP) is 7.91. The summed E-state index contributed by atoms with van der Waals surface area (Å²) in [7, 11) is -3.98. The molecule has 2 aliphatic rings. The fourth-order valence-corrected chi connectivity index (χ4v) is 8.98. The maximum absolute atomic E-state index is 13.4. The summed E-state index contributed by atoms with van der Waals surface area (Å²) >= 11 is 1.36. The predicted molar refractivity (Wildman–Crippen MR) is 208 cm³/mol. The van der Waals surface area contributed by atoms with Gasteiger partial charge in [0.1, 0.15) is 6.04 Å². The standard InChI is InChI=1S/C40H57N5O4S2/c1-8-9-27-10-14-29(15-11-27)30-20-22-45(23-21-30)32-25-41-36(42-26-32)31-16-12-28(13-17-31)24-33(37(46)44-51(48,49)40(5,6)7)43-38(47)34-18-19-35(50-34)39(2,3)4/h12-13,16-19,25-27,29-30,33H,8-11,14-15,20-24H2,1-7H3,(H,43,47)(H,44,46). The summed E-state index contributed by atoms with van der Waals surface area (Å²) < 4.78 is 26.7. The lowest BCUT2D eigenvalue weighted by molar-refractivity contribution is -0.121. The highest BCUT2D eigenvalue weighted by atomic mass is 32.2. The molecule has 5 rings (SSSR count). The largest absolute Gasteiger partial charge is 0.369 e. The summed E-state index contributed by atoms with van der Waals surface area (Å²) in [4.78, 5) is 40.0. The van der Waals surface area contributed by atoms with Crippen LogP contribution in [0.5, 0.6) is 0 Å². The second kappa shape index (κ2) is 16.1. The quantitative estimate of drug-likeness (QED) is 0.205. The van der Waals surface area contributed by atoms with E-state index in [1.807, 2.05) is 42.7 Å². The molecule has 0 radical (unpaired) electrons. The second-order valence-corrected chi connectivity index (χ2v) is 20.1. The molecule has 1 aliphatic heterocycles. The number of rotatable bonds is 11. The van der Waals surface area contributed by atoms with E-state index in [4.69, 9.17) is 9.97 Å². The van der Waals surface area contributed by atoms with E-state index in [1.165, 1.54) is 83.5 Å². The molecule has 1 unspecified atom stereocenters. The molecule has 2 amide bonds. The Hall–Kier alpha value is -3.31. The van der Waals surface area contributed by atoms with Crippen LogP contribution in [0.1, 0.15) is 120 Å². The van der Waals surface area contributed by atoms with Gasteiger partial charge in [-0.15, -0.1) is 11.3 Å². The Kier molecular flexibility index (Phi) is 12.3. The molecule has 2 N–H and O–H groups in total. The SMILES string of the molecule is CCCC1CCC(C2CCN(c3cnc(-c4ccc(CC(NC(=O)c5ccc(C(C)(C)C)s5)C(=O)NS(=O)(=O)C(C)(C)C)cc4)nc3)CC2)CC1. The van der Waals surface area contributed by atoms with Crippen molar-refractivity contribution in [1.82, 2.24) is 20.0 Å². The number of anilines is 1. The molecular weight excluding hydrogens is 679 g/mol. The number of piperidine rings is 1. The number of benzene rings is 1. The van der Waals surface area contributed by atoms with Gasteiger partial charge in [-0.05, 0) is 87.3 Å². The van der Waals surface area contributed by atoms with Crippen LogP contribution in [0.15, 0.2) is 48.8 Å². The van der Waals surface area contributed by atoms with E-state index in [1.54, 1.807) is 6.07 Å². The minimum Gasteiger partial charge on any atom is -0.369 e.